The highest BCUT2D eigenvalue weighted by Crippen LogP contribution is 2.14. The lowest BCUT2D eigenvalue weighted by Gasteiger charge is -2.13. The molecule has 2 aliphatic heterocycles. The van der Waals surface area contributed by atoms with E-state index in [4.69, 9.17) is 21.7 Å². The normalized spacial score (nSPS) is 34.7. The van der Waals surface area contributed by atoms with Crippen LogP contribution in [-0.4, -0.2) is 71.4 Å². The zero-order chi connectivity index (χ0) is 14.6. The molecule has 0 aromatic carbocycles. The molecule has 0 aromatic heterocycles. The van der Waals surface area contributed by atoms with Crippen molar-refractivity contribution in [2.24, 2.45) is 11.5 Å². The number of carbonyl (C=O) groups excluding carboxylic acids is 2. The van der Waals surface area contributed by atoms with Crippen molar-refractivity contribution in [3.05, 3.63) is 0 Å². The van der Waals surface area contributed by atoms with Gasteiger partial charge in [-0.25, -0.2) is 0 Å². The van der Waals surface area contributed by atoms with Crippen molar-refractivity contribution in [1.29, 1.82) is 0 Å². The molecule has 0 aliphatic carbocycles. The van der Waals surface area contributed by atoms with Crippen LogP contribution < -0.4 is 16.8 Å². The lowest BCUT2D eigenvalue weighted by Crippen LogP contribution is -2.37. The first-order chi connectivity index (χ1) is 8.81. The Kier molecular flexibility index (Phi) is 5.67. The number of nitrogens with two attached hydrogens (primary N) is 2. The molecule has 19 heavy (non-hydrogen) atoms. The van der Waals surface area contributed by atoms with Gasteiger partial charge in [0.1, 0.15) is 0 Å². The van der Waals surface area contributed by atoms with Gasteiger partial charge in [0.25, 0.3) is 0 Å². The van der Waals surface area contributed by atoms with Gasteiger partial charge in [0.15, 0.2) is 0 Å². The van der Waals surface area contributed by atoms with Gasteiger partial charge in [-0.2, -0.15) is 0 Å². The van der Waals surface area contributed by atoms with Crippen LogP contribution in [0, 0.1) is 0 Å². The number of aliphatic hydroxyl groups is 2. The zero-order valence-electron chi connectivity index (χ0n) is 11.0. The molecule has 0 aromatic rings. The third-order valence-electron chi connectivity index (χ3n) is 3.31. The van der Waals surface area contributed by atoms with Crippen LogP contribution in [0.1, 0.15) is 12.8 Å². The molecule has 2 saturated heterocycles. The lowest BCUT2D eigenvalue weighted by atomic mass is 10.2. The van der Waals surface area contributed by atoms with Crippen LogP contribution in [-0.2, 0) is 9.59 Å². The topological polar surface area (TPSA) is 142 Å². The quantitative estimate of drug-likeness (QED) is 0.357. The van der Waals surface area contributed by atoms with E-state index in [1.165, 1.54) is 0 Å². The molecule has 0 bridgehead atoms. The Bertz CT molecular complexity index is 339. The first-order valence-corrected chi connectivity index (χ1v) is 6.19. The summed E-state index contributed by atoms with van der Waals surface area (Å²) in [7, 11) is 1.78. The van der Waals surface area contributed by atoms with Crippen molar-refractivity contribution in [1.82, 2.24) is 10.2 Å². The molecule has 2 amide bonds. The van der Waals surface area contributed by atoms with Crippen molar-refractivity contribution < 1.29 is 19.8 Å². The van der Waals surface area contributed by atoms with E-state index in [0.717, 1.165) is 0 Å². The summed E-state index contributed by atoms with van der Waals surface area (Å²) in [6.07, 6.45) is 0.145. The average molecular weight is 274 g/mol. The number of rotatable bonds is 2. The summed E-state index contributed by atoms with van der Waals surface area (Å²) < 4.78 is 0. The number of hydrogen-bond donors (Lipinski definition) is 5. The summed E-state index contributed by atoms with van der Waals surface area (Å²) in [5, 5.41) is 20.7. The van der Waals surface area contributed by atoms with Crippen molar-refractivity contribution in [3.63, 3.8) is 0 Å². The summed E-state index contributed by atoms with van der Waals surface area (Å²) >= 11 is 0. The number of carbonyl (C=O) groups is 2. The third-order valence-corrected chi connectivity index (χ3v) is 3.31. The predicted molar refractivity (Wildman–Crippen MR) is 67.8 cm³/mol. The fraction of sp³-hybridized carbons (Fsp3) is 0.818. The van der Waals surface area contributed by atoms with E-state index >= 15 is 0 Å². The lowest BCUT2D eigenvalue weighted by molar-refractivity contribution is -0.122. The highest BCUT2D eigenvalue weighted by Gasteiger charge is 2.31. The number of hydrogen-bond acceptors (Lipinski definition) is 6. The molecular weight excluding hydrogens is 252 g/mol. The van der Waals surface area contributed by atoms with Crippen LogP contribution in [0.5, 0.6) is 0 Å². The van der Waals surface area contributed by atoms with E-state index in [1.54, 1.807) is 11.9 Å². The molecule has 8 nitrogen and oxygen atoms in total. The fourth-order valence-corrected chi connectivity index (χ4v) is 2.24. The van der Waals surface area contributed by atoms with E-state index in [1.807, 2.05) is 0 Å². The molecule has 110 valence electrons. The van der Waals surface area contributed by atoms with Gasteiger partial charge >= 0.3 is 0 Å². The Balaban J connectivity index is 0.000000191. The number of primary amides is 2. The van der Waals surface area contributed by atoms with E-state index in [0.29, 0.717) is 25.9 Å². The van der Waals surface area contributed by atoms with Gasteiger partial charge < -0.3 is 27.0 Å². The predicted octanol–water partition coefficient (Wildman–Crippen LogP) is -3.27. The van der Waals surface area contributed by atoms with Gasteiger partial charge in [-0.05, 0) is 19.9 Å². The Labute approximate surface area is 111 Å². The molecule has 7 N–H and O–H groups in total. The molecule has 2 fully saturated rings. The van der Waals surface area contributed by atoms with Gasteiger partial charge in [0.2, 0.25) is 11.8 Å². The number of nitrogens with zero attached hydrogens (tertiary/aromatic N) is 1. The second-order valence-electron chi connectivity index (χ2n) is 5.00. The maximum Gasteiger partial charge on any atom is 0.234 e. The summed E-state index contributed by atoms with van der Waals surface area (Å²) in [5.74, 6) is -0.731. The average Bonchev–Trinajstić information content (AvgIpc) is 2.85. The second-order valence-corrected chi connectivity index (χ2v) is 5.00. The third kappa shape index (κ3) is 4.75. The number of likely N-dealkylation sites (N-methyl/N-ethyl adjacent to an activating group) is 1. The first kappa shape index (κ1) is 15.8. The summed E-state index contributed by atoms with van der Waals surface area (Å²) in [6, 6.07) is -0.588. The van der Waals surface area contributed by atoms with Crippen LogP contribution in [0.4, 0.5) is 0 Å². The zero-order valence-corrected chi connectivity index (χ0v) is 11.0. The van der Waals surface area contributed by atoms with Crippen molar-refractivity contribution in [3.8, 4) is 0 Å². The minimum Gasteiger partial charge on any atom is -0.392 e. The summed E-state index contributed by atoms with van der Waals surface area (Å²) in [5.41, 5.74) is 10.0. The van der Waals surface area contributed by atoms with Crippen LogP contribution in [0.25, 0.3) is 0 Å². The highest BCUT2D eigenvalue weighted by molar-refractivity contribution is 5.80. The van der Waals surface area contributed by atoms with Gasteiger partial charge in [0, 0.05) is 13.1 Å². The number of β-amino-alcohol motifs (C(OH)–C–C–N with tert-alkyl or cyclic N) is 2. The second kappa shape index (κ2) is 6.80. The number of amides is 2. The van der Waals surface area contributed by atoms with Gasteiger partial charge in [-0.15, -0.1) is 0 Å². The number of nitrogens with one attached hydrogen (secondary N) is 1. The minimum atomic E-state index is -0.400. The van der Waals surface area contributed by atoms with E-state index < -0.39 is 6.10 Å². The maximum absolute atomic E-state index is 10.6. The van der Waals surface area contributed by atoms with Crippen LogP contribution in [0.2, 0.25) is 0 Å². The molecular formula is C11H22N4O4. The molecule has 0 spiro atoms. The number of aliphatic hydroxyl groups excluding tert-OH is 2. The van der Waals surface area contributed by atoms with Gasteiger partial charge in [-0.1, -0.05) is 0 Å². The SMILES string of the molecule is CN1C[C@H](O)C[C@@H]1C(N)=O.NC(=O)[C@H]1C[C@@H](O)CN1. The minimum absolute atomic E-state index is 0.269. The summed E-state index contributed by atoms with van der Waals surface area (Å²) in [4.78, 5) is 22.8. The Hall–Kier alpha value is -1.22. The standard InChI is InChI=1S/C6H12N2O2.C5H10N2O2/c1-8-3-4(9)2-5(8)6(7)10;6-5(9)4-1-3(8)2-7-4/h4-5,9H,2-3H2,1H3,(H2,7,10);3-4,7-8H,1-2H2,(H2,6,9)/t4-,5-;3-,4-/m11/s1. The molecule has 2 heterocycles. The van der Waals surface area contributed by atoms with Crippen LogP contribution in [0.3, 0.4) is 0 Å². The molecule has 2 aliphatic rings. The van der Waals surface area contributed by atoms with Crippen molar-refractivity contribution in [2.75, 3.05) is 20.1 Å². The van der Waals surface area contributed by atoms with Gasteiger partial charge in [0.05, 0.1) is 24.3 Å². The van der Waals surface area contributed by atoms with Crippen molar-refractivity contribution >= 4 is 11.8 Å². The smallest absolute Gasteiger partial charge is 0.234 e. The highest BCUT2D eigenvalue weighted by atomic mass is 16.3. The molecule has 4 atom stereocenters. The van der Waals surface area contributed by atoms with Crippen LogP contribution in [0.15, 0.2) is 0 Å². The molecule has 0 unspecified atom stereocenters. The monoisotopic (exact) mass is 274 g/mol. The Morgan fingerprint density at radius 1 is 1.16 bits per heavy atom. The van der Waals surface area contributed by atoms with E-state index in [9.17, 15) is 9.59 Å². The molecule has 2 rings (SSSR count). The van der Waals surface area contributed by atoms with Crippen molar-refractivity contribution in [2.45, 2.75) is 37.1 Å². The molecule has 0 radical (unpaired) electrons. The first-order valence-electron chi connectivity index (χ1n) is 6.19. The van der Waals surface area contributed by atoms with E-state index in [-0.39, 0.29) is 30.0 Å². The number of likely N-dealkylation sites (tertiary alicyclic amines) is 1. The molecule has 0 saturated carbocycles. The van der Waals surface area contributed by atoms with Crippen LogP contribution >= 0.6 is 0 Å². The Morgan fingerprint density at radius 3 is 2.00 bits per heavy atom. The molecule has 8 heteroatoms. The Morgan fingerprint density at radius 2 is 1.79 bits per heavy atom. The van der Waals surface area contributed by atoms with E-state index in [2.05, 4.69) is 5.32 Å². The fourth-order valence-electron chi connectivity index (χ4n) is 2.24. The summed E-state index contributed by atoms with van der Waals surface area (Å²) in [6.45, 7) is 1.03. The largest absolute Gasteiger partial charge is 0.392 e. The van der Waals surface area contributed by atoms with Gasteiger partial charge in [-0.3, -0.25) is 14.5 Å². The maximum atomic E-state index is 10.6.